The van der Waals surface area contributed by atoms with Crippen molar-refractivity contribution in [1.29, 1.82) is 0 Å². The van der Waals surface area contributed by atoms with Crippen molar-refractivity contribution in [2.45, 2.75) is 84.3 Å². The van der Waals surface area contributed by atoms with E-state index < -0.39 is 5.54 Å². The van der Waals surface area contributed by atoms with Crippen LogP contribution in [0.5, 0.6) is 0 Å². The topological polar surface area (TPSA) is 49.4 Å². The van der Waals surface area contributed by atoms with Gasteiger partial charge in [-0.05, 0) is 38.5 Å². The molecule has 120 valence electrons. The molecule has 3 atom stereocenters. The van der Waals surface area contributed by atoms with E-state index in [1.54, 1.807) is 0 Å². The summed E-state index contributed by atoms with van der Waals surface area (Å²) in [5.74, 6) is 0.931. The molecule has 1 heterocycles. The van der Waals surface area contributed by atoms with Gasteiger partial charge in [-0.3, -0.25) is 9.59 Å². The molecule has 1 aliphatic carbocycles. The third-order valence-corrected chi connectivity index (χ3v) is 5.13. The van der Waals surface area contributed by atoms with Gasteiger partial charge in [0.1, 0.15) is 11.6 Å². The number of piperazine rings is 1. The van der Waals surface area contributed by atoms with Gasteiger partial charge in [0, 0.05) is 6.04 Å². The summed E-state index contributed by atoms with van der Waals surface area (Å²) in [5, 5.41) is 2.90. The fourth-order valence-corrected chi connectivity index (χ4v) is 3.91. The lowest BCUT2D eigenvalue weighted by atomic mass is 9.80. The first-order valence-electron chi connectivity index (χ1n) is 8.42. The number of carbonyl (C=O) groups excluding carboxylic acids is 2. The molecule has 4 heteroatoms. The highest BCUT2D eigenvalue weighted by Gasteiger charge is 2.49. The number of nitrogens with one attached hydrogen (secondary N) is 1. The second kappa shape index (κ2) is 5.98. The molecule has 1 N–H and O–H groups in total. The van der Waals surface area contributed by atoms with Crippen molar-refractivity contribution < 1.29 is 9.59 Å². The van der Waals surface area contributed by atoms with Crippen LogP contribution in [0, 0.1) is 11.8 Å². The van der Waals surface area contributed by atoms with Crippen LogP contribution in [0.3, 0.4) is 0 Å². The molecule has 0 aromatic rings. The lowest BCUT2D eigenvalue weighted by molar-refractivity contribution is -0.159. The van der Waals surface area contributed by atoms with E-state index in [9.17, 15) is 9.59 Å². The van der Waals surface area contributed by atoms with E-state index in [1.807, 2.05) is 32.6 Å². The summed E-state index contributed by atoms with van der Waals surface area (Å²) in [6.07, 6.45) is 5.68. The van der Waals surface area contributed by atoms with Gasteiger partial charge in [-0.15, -0.1) is 0 Å². The number of amides is 2. The SMILES string of the molecule is CCC1CCCC(N2C(=O)C(C)(C)NC(=O)C2C(C)C)C1. The molecule has 1 saturated heterocycles. The minimum absolute atomic E-state index is 0.00761. The molecular weight excluding hydrogens is 264 g/mol. The normalized spacial score (nSPS) is 33.2. The Labute approximate surface area is 128 Å². The number of hydrogen-bond donors (Lipinski definition) is 1. The summed E-state index contributed by atoms with van der Waals surface area (Å²) >= 11 is 0. The van der Waals surface area contributed by atoms with Crippen LogP contribution in [0.15, 0.2) is 0 Å². The van der Waals surface area contributed by atoms with E-state index in [-0.39, 0.29) is 29.8 Å². The van der Waals surface area contributed by atoms with Crippen LogP contribution in [0.4, 0.5) is 0 Å². The third kappa shape index (κ3) is 3.09. The second-order valence-corrected chi connectivity index (χ2v) is 7.61. The van der Waals surface area contributed by atoms with Crippen LogP contribution in [0.1, 0.15) is 66.7 Å². The predicted molar refractivity (Wildman–Crippen MR) is 83.7 cm³/mol. The zero-order chi connectivity index (χ0) is 15.8. The average molecular weight is 294 g/mol. The molecule has 3 unspecified atom stereocenters. The van der Waals surface area contributed by atoms with Crippen LogP contribution >= 0.6 is 0 Å². The number of nitrogens with zero attached hydrogens (tertiary/aromatic N) is 1. The Balaban J connectivity index is 2.30. The minimum atomic E-state index is -0.776. The smallest absolute Gasteiger partial charge is 0.248 e. The first-order chi connectivity index (χ1) is 9.77. The average Bonchev–Trinajstić information content (AvgIpc) is 2.41. The molecule has 2 aliphatic rings. The molecule has 4 nitrogen and oxygen atoms in total. The van der Waals surface area contributed by atoms with Gasteiger partial charge in [0.15, 0.2) is 0 Å². The zero-order valence-electron chi connectivity index (χ0n) is 14.1. The highest BCUT2D eigenvalue weighted by atomic mass is 16.2. The molecule has 0 bridgehead atoms. The molecule has 1 aliphatic heterocycles. The predicted octanol–water partition coefficient (Wildman–Crippen LogP) is 2.72. The quantitative estimate of drug-likeness (QED) is 0.870. The van der Waals surface area contributed by atoms with Crippen LogP contribution in [-0.4, -0.2) is 34.3 Å². The maximum atomic E-state index is 12.9. The molecule has 0 aromatic carbocycles. The molecular formula is C17H30N2O2. The fourth-order valence-electron chi connectivity index (χ4n) is 3.91. The van der Waals surface area contributed by atoms with E-state index in [0.29, 0.717) is 5.92 Å². The van der Waals surface area contributed by atoms with E-state index in [4.69, 9.17) is 0 Å². The van der Waals surface area contributed by atoms with Crippen molar-refractivity contribution in [2.24, 2.45) is 11.8 Å². The van der Waals surface area contributed by atoms with Crippen molar-refractivity contribution >= 4 is 11.8 Å². The molecule has 0 aromatic heterocycles. The Morgan fingerprint density at radius 2 is 1.95 bits per heavy atom. The first-order valence-corrected chi connectivity index (χ1v) is 8.42. The first kappa shape index (κ1) is 16.3. The van der Waals surface area contributed by atoms with Crippen LogP contribution in [0.2, 0.25) is 0 Å². The monoisotopic (exact) mass is 294 g/mol. The van der Waals surface area contributed by atoms with Gasteiger partial charge < -0.3 is 10.2 Å². The number of rotatable bonds is 3. The van der Waals surface area contributed by atoms with E-state index in [0.717, 1.165) is 12.8 Å². The molecule has 2 amide bonds. The van der Waals surface area contributed by atoms with Crippen molar-refractivity contribution in [3.63, 3.8) is 0 Å². The molecule has 21 heavy (non-hydrogen) atoms. The van der Waals surface area contributed by atoms with Crippen molar-refractivity contribution in [1.82, 2.24) is 10.2 Å². The highest BCUT2D eigenvalue weighted by molar-refractivity contribution is 5.99. The van der Waals surface area contributed by atoms with Crippen LogP contribution < -0.4 is 5.32 Å². The van der Waals surface area contributed by atoms with Crippen molar-refractivity contribution in [2.75, 3.05) is 0 Å². The Morgan fingerprint density at radius 3 is 2.52 bits per heavy atom. The second-order valence-electron chi connectivity index (χ2n) is 7.61. The molecule has 2 fully saturated rings. The molecule has 1 saturated carbocycles. The molecule has 0 spiro atoms. The maximum Gasteiger partial charge on any atom is 0.248 e. The minimum Gasteiger partial charge on any atom is -0.340 e. The lowest BCUT2D eigenvalue weighted by Gasteiger charge is -2.49. The Morgan fingerprint density at radius 1 is 1.29 bits per heavy atom. The van der Waals surface area contributed by atoms with Crippen LogP contribution in [-0.2, 0) is 9.59 Å². The van der Waals surface area contributed by atoms with Crippen molar-refractivity contribution in [3.05, 3.63) is 0 Å². The summed E-state index contributed by atoms with van der Waals surface area (Å²) in [6, 6.07) is -0.0833. The van der Waals surface area contributed by atoms with Gasteiger partial charge in [-0.25, -0.2) is 0 Å². The summed E-state index contributed by atoms with van der Waals surface area (Å²) in [7, 11) is 0. The Kier molecular flexibility index (Phi) is 4.64. The molecule has 0 radical (unpaired) electrons. The fraction of sp³-hybridized carbons (Fsp3) is 0.882. The van der Waals surface area contributed by atoms with Crippen LogP contribution in [0.25, 0.3) is 0 Å². The van der Waals surface area contributed by atoms with Gasteiger partial charge in [-0.2, -0.15) is 0 Å². The standard InChI is InChI=1S/C17H30N2O2/c1-6-12-8-7-9-13(10-12)19-14(11(2)3)15(20)18-17(4,5)16(19)21/h11-14H,6-10H2,1-5H3,(H,18,20). The number of hydrogen-bond acceptors (Lipinski definition) is 2. The lowest BCUT2D eigenvalue weighted by Crippen LogP contribution is -2.71. The van der Waals surface area contributed by atoms with Gasteiger partial charge in [0.25, 0.3) is 0 Å². The summed E-state index contributed by atoms with van der Waals surface area (Å²) < 4.78 is 0. The summed E-state index contributed by atoms with van der Waals surface area (Å²) in [4.78, 5) is 27.3. The van der Waals surface area contributed by atoms with Gasteiger partial charge in [-0.1, -0.05) is 40.0 Å². The summed E-state index contributed by atoms with van der Waals surface area (Å²) in [6.45, 7) is 9.92. The largest absolute Gasteiger partial charge is 0.340 e. The van der Waals surface area contributed by atoms with Gasteiger partial charge in [0.05, 0.1) is 0 Å². The third-order valence-electron chi connectivity index (χ3n) is 5.13. The highest BCUT2D eigenvalue weighted by Crippen LogP contribution is 2.34. The van der Waals surface area contributed by atoms with E-state index >= 15 is 0 Å². The van der Waals surface area contributed by atoms with E-state index in [1.165, 1.54) is 19.3 Å². The van der Waals surface area contributed by atoms with Gasteiger partial charge >= 0.3 is 0 Å². The Bertz CT molecular complexity index is 417. The summed E-state index contributed by atoms with van der Waals surface area (Å²) in [5.41, 5.74) is -0.776. The van der Waals surface area contributed by atoms with E-state index in [2.05, 4.69) is 12.2 Å². The maximum absolute atomic E-state index is 12.9. The number of carbonyl (C=O) groups is 2. The Hall–Kier alpha value is -1.06. The van der Waals surface area contributed by atoms with Gasteiger partial charge in [0.2, 0.25) is 11.8 Å². The molecule has 2 rings (SSSR count). The van der Waals surface area contributed by atoms with Crippen molar-refractivity contribution in [3.8, 4) is 0 Å². The zero-order valence-corrected chi connectivity index (χ0v) is 14.1.